The molecular formula is C20H24ClN5O. The van der Waals surface area contributed by atoms with Crippen LogP contribution in [0.5, 0.6) is 0 Å². The summed E-state index contributed by atoms with van der Waals surface area (Å²) in [5.41, 5.74) is 2.46. The van der Waals surface area contributed by atoms with Crippen molar-refractivity contribution in [3.8, 4) is 6.07 Å². The molecule has 0 aliphatic heterocycles. The normalized spacial score (nSPS) is 10.9. The maximum atomic E-state index is 12.7. The average molecular weight is 386 g/mol. The summed E-state index contributed by atoms with van der Waals surface area (Å²) in [6, 6.07) is 5.82. The number of amides is 1. The lowest BCUT2D eigenvalue weighted by atomic mass is 10.2. The Bertz CT molecular complexity index is 823. The van der Waals surface area contributed by atoms with Crippen LogP contribution in [0.15, 0.2) is 30.6 Å². The summed E-state index contributed by atoms with van der Waals surface area (Å²) in [5.74, 6) is -0.175. The molecule has 0 N–H and O–H groups in total. The summed E-state index contributed by atoms with van der Waals surface area (Å²) < 4.78 is 1.77. The minimum atomic E-state index is -0.175. The van der Waals surface area contributed by atoms with Gasteiger partial charge in [0.05, 0.1) is 18.2 Å². The first-order valence-electron chi connectivity index (χ1n) is 9.02. The smallest absolute Gasteiger partial charge is 0.246 e. The van der Waals surface area contributed by atoms with Crippen molar-refractivity contribution in [2.24, 2.45) is 0 Å². The molecule has 0 aliphatic rings. The molecule has 2 rings (SSSR count). The molecule has 0 saturated heterocycles. The maximum absolute atomic E-state index is 12.7. The van der Waals surface area contributed by atoms with Crippen LogP contribution in [0.3, 0.4) is 0 Å². The van der Waals surface area contributed by atoms with Gasteiger partial charge >= 0.3 is 0 Å². The predicted molar refractivity (Wildman–Crippen MR) is 106 cm³/mol. The molecule has 27 heavy (non-hydrogen) atoms. The lowest BCUT2D eigenvalue weighted by molar-refractivity contribution is -0.126. The summed E-state index contributed by atoms with van der Waals surface area (Å²) in [6.07, 6.45) is 8.93. The molecule has 2 aromatic heterocycles. The van der Waals surface area contributed by atoms with Crippen molar-refractivity contribution < 1.29 is 4.79 Å². The number of carbonyl (C=O) groups is 1. The summed E-state index contributed by atoms with van der Waals surface area (Å²) in [7, 11) is 0. The summed E-state index contributed by atoms with van der Waals surface area (Å²) >= 11 is 6.41. The van der Waals surface area contributed by atoms with Crippen LogP contribution in [-0.2, 0) is 17.9 Å². The molecule has 0 spiro atoms. The highest BCUT2D eigenvalue weighted by molar-refractivity contribution is 6.31. The number of nitriles is 1. The van der Waals surface area contributed by atoms with E-state index in [0.29, 0.717) is 18.2 Å². The summed E-state index contributed by atoms with van der Waals surface area (Å²) in [5, 5.41) is 13.9. The van der Waals surface area contributed by atoms with Crippen LogP contribution in [0.1, 0.15) is 43.0 Å². The Kier molecular flexibility index (Phi) is 8.02. The molecule has 0 fully saturated rings. The van der Waals surface area contributed by atoms with Crippen LogP contribution in [0.2, 0.25) is 5.15 Å². The molecule has 6 nitrogen and oxygen atoms in total. The van der Waals surface area contributed by atoms with Crippen LogP contribution in [0, 0.1) is 18.3 Å². The van der Waals surface area contributed by atoms with E-state index in [4.69, 9.17) is 16.9 Å². The van der Waals surface area contributed by atoms with E-state index in [0.717, 1.165) is 36.2 Å². The van der Waals surface area contributed by atoms with Crippen LogP contribution < -0.4 is 0 Å². The number of hydrogen-bond acceptors (Lipinski definition) is 4. The predicted octanol–water partition coefficient (Wildman–Crippen LogP) is 4.00. The topological polar surface area (TPSA) is 74.8 Å². The summed E-state index contributed by atoms with van der Waals surface area (Å²) in [6.45, 7) is 5.51. The Hall–Kier alpha value is -2.65. The molecule has 0 aromatic carbocycles. The second-order valence-electron chi connectivity index (χ2n) is 6.23. The molecule has 1 amide bonds. The van der Waals surface area contributed by atoms with Gasteiger partial charge in [-0.3, -0.25) is 14.5 Å². The number of carbonyl (C=O) groups excluding carboxylic acids is 1. The van der Waals surface area contributed by atoms with Gasteiger partial charge in [-0.25, -0.2) is 0 Å². The van der Waals surface area contributed by atoms with Gasteiger partial charge in [-0.1, -0.05) is 31.0 Å². The van der Waals surface area contributed by atoms with Gasteiger partial charge in [0.2, 0.25) is 5.91 Å². The molecule has 0 saturated carbocycles. The monoisotopic (exact) mass is 385 g/mol. The van der Waals surface area contributed by atoms with Gasteiger partial charge in [0.1, 0.15) is 5.15 Å². The highest BCUT2D eigenvalue weighted by Crippen LogP contribution is 2.22. The lowest BCUT2D eigenvalue weighted by Gasteiger charge is -2.19. The van der Waals surface area contributed by atoms with E-state index in [9.17, 15) is 4.79 Å². The number of hydrogen-bond donors (Lipinski definition) is 0. The van der Waals surface area contributed by atoms with E-state index in [1.165, 1.54) is 6.08 Å². The van der Waals surface area contributed by atoms with Gasteiger partial charge in [0.25, 0.3) is 0 Å². The van der Waals surface area contributed by atoms with Crippen molar-refractivity contribution in [1.82, 2.24) is 19.7 Å². The van der Waals surface area contributed by atoms with Gasteiger partial charge in [-0.15, -0.1) is 0 Å². The van der Waals surface area contributed by atoms with Gasteiger partial charge < -0.3 is 4.90 Å². The Balaban J connectivity index is 2.14. The molecular weight excluding hydrogens is 362 g/mol. The van der Waals surface area contributed by atoms with Crippen LogP contribution >= 0.6 is 11.6 Å². The van der Waals surface area contributed by atoms with Gasteiger partial charge in [0.15, 0.2) is 0 Å². The third-order valence-electron chi connectivity index (χ3n) is 4.13. The first-order chi connectivity index (χ1) is 13.1. The zero-order valence-electron chi connectivity index (χ0n) is 15.7. The second kappa shape index (κ2) is 10.5. The van der Waals surface area contributed by atoms with E-state index in [1.807, 2.05) is 19.1 Å². The van der Waals surface area contributed by atoms with Crippen molar-refractivity contribution in [1.29, 1.82) is 5.26 Å². The molecule has 0 aliphatic carbocycles. The van der Waals surface area contributed by atoms with Gasteiger partial charge in [-0.05, 0) is 31.1 Å². The van der Waals surface area contributed by atoms with E-state index >= 15 is 0 Å². The fourth-order valence-electron chi connectivity index (χ4n) is 2.64. The van der Waals surface area contributed by atoms with Gasteiger partial charge in [0, 0.05) is 43.7 Å². The first-order valence-corrected chi connectivity index (χ1v) is 9.40. The second-order valence-corrected chi connectivity index (χ2v) is 6.59. The average Bonchev–Trinajstić information content (AvgIpc) is 2.95. The van der Waals surface area contributed by atoms with E-state index < -0.39 is 0 Å². The number of pyridine rings is 1. The first kappa shape index (κ1) is 20.7. The maximum Gasteiger partial charge on any atom is 0.246 e. The molecule has 2 aromatic rings. The Labute approximate surface area is 165 Å². The van der Waals surface area contributed by atoms with Crippen LogP contribution in [0.25, 0.3) is 6.08 Å². The Morgan fingerprint density at radius 3 is 2.96 bits per heavy atom. The minimum Gasteiger partial charge on any atom is -0.334 e. The largest absolute Gasteiger partial charge is 0.334 e. The Morgan fingerprint density at radius 1 is 1.48 bits per heavy atom. The van der Waals surface area contributed by atoms with Crippen molar-refractivity contribution >= 4 is 23.6 Å². The van der Waals surface area contributed by atoms with Crippen LogP contribution in [0.4, 0.5) is 0 Å². The third kappa shape index (κ3) is 5.93. The number of aryl methyl sites for hydroxylation is 2. The molecule has 0 bridgehead atoms. The van der Waals surface area contributed by atoms with Crippen LogP contribution in [-0.4, -0.2) is 32.1 Å². The van der Waals surface area contributed by atoms with E-state index in [1.54, 1.807) is 28.1 Å². The third-order valence-corrected chi connectivity index (χ3v) is 4.53. The number of aromatic nitrogens is 3. The Morgan fingerprint density at radius 2 is 2.30 bits per heavy atom. The highest BCUT2D eigenvalue weighted by atomic mass is 35.5. The van der Waals surface area contributed by atoms with Crippen molar-refractivity contribution in [2.75, 3.05) is 6.54 Å². The standard InChI is InChI=1S/C20H24ClN5O/c1-3-4-13-26-20(21)18(16(2)24-26)8-9-19(27)25(12-6-10-22)15-17-7-5-11-23-14-17/h5,7-9,11,14H,3-4,6,12-13,15H2,1-2H3. The zero-order chi connectivity index (χ0) is 19.6. The fraction of sp³-hybridized carbons (Fsp3) is 0.400. The molecule has 7 heteroatoms. The van der Waals surface area contributed by atoms with Gasteiger partial charge in [-0.2, -0.15) is 10.4 Å². The zero-order valence-corrected chi connectivity index (χ0v) is 16.5. The fourth-order valence-corrected chi connectivity index (χ4v) is 2.96. The number of halogens is 1. The lowest BCUT2D eigenvalue weighted by Crippen LogP contribution is -2.29. The SMILES string of the molecule is CCCCn1nc(C)c(C=CC(=O)N(CCC#N)Cc2cccnc2)c1Cl. The molecule has 0 unspecified atom stereocenters. The quantitative estimate of drug-likeness (QED) is 0.611. The number of nitrogens with zero attached hydrogens (tertiary/aromatic N) is 5. The minimum absolute atomic E-state index is 0.175. The van der Waals surface area contributed by atoms with Crippen molar-refractivity contribution in [3.63, 3.8) is 0 Å². The van der Waals surface area contributed by atoms with E-state index in [2.05, 4.69) is 23.1 Å². The molecule has 2 heterocycles. The summed E-state index contributed by atoms with van der Waals surface area (Å²) in [4.78, 5) is 18.4. The molecule has 0 atom stereocenters. The molecule has 142 valence electrons. The van der Waals surface area contributed by atoms with Crippen molar-refractivity contribution in [3.05, 3.63) is 52.6 Å². The van der Waals surface area contributed by atoms with Crippen molar-refractivity contribution in [2.45, 2.75) is 46.2 Å². The number of rotatable bonds is 9. The molecule has 0 radical (unpaired) electrons. The number of unbranched alkanes of at least 4 members (excludes halogenated alkanes) is 1. The van der Waals surface area contributed by atoms with E-state index in [-0.39, 0.29) is 12.3 Å². The highest BCUT2D eigenvalue weighted by Gasteiger charge is 2.14.